The first-order valence-corrected chi connectivity index (χ1v) is 7.92. The number of nitrogens with zero attached hydrogens (tertiary/aromatic N) is 1. The average Bonchev–Trinajstić information content (AvgIpc) is 2.63. The van der Waals surface area contributed by atoms with E-state index in [9.17, 15) is 106 Å². The van der Waals surface area contributed by atoms with Gasteiger partial charge in [-0.2, -0.15) is 101 Å². The molecule has 4 nitrogen and oxygen atoms in total. The van der Waals surface area contributed by atoms with Gasteiger partial charge in [-0.05, 0) is 0 Å². The number of hydrogen-bond donors (Lipinski definition) is 2. The lowest BCUT2D eigenvalue weighted by Gasteiger charge is -2.44. The molecule has 39 heavy (non-hydrogen) atoms. The standard InChI is InChI=1S/C12H2F23NO3/c13-2(14,1(37)36(9(28,29)11(32,33)38)10(30,31)12(34,35)39)3(15,16)4(17,18)5(19,20)6(21,22)7(23,24)8(25,26)27/h38-39H. The third kappa shape index (κ3) is 4.85. The molecule has 0 aliphatic carbocycles. The van der Waals surface area contributed by atoms with Gasteiger partial charge >= 0.3 is 71.9 Å². The van der Waals surface area contributed by atoms with E-state index in [1.807, 2.05) is 0 Å². The van der Waals surface area contributed by atoms with Crippen LogP contribution in [0.4, 0.5) is 101 Å². The molecule has 0 aromatic heterocycles. The molecule has 0 atom stereocenters. The van der Waals surface area contributed by atoms with Crippen molar-refractivity contribution in [1.82, 2.24) is 4.90 Å². The third-order valence-electron chi connectivity index (χ3n) is 4.08. The second-order valence-electron chi connectivity index (χ2n) is 6.75. The number of carbonyl (C=O) groups excluding carboxylic acids is 1. The Morgan fingerprint density at radius 3 is 0.872 bits per heavy atom. The van der Waals surface area contributed by atoms with E-state index in [-0.39, 0.29) is 0 Å². The van der Waals surface area contributed by atoms with Crippen LogP contribution in [0.15, 0.2) is 0 Å². The van der Waals surface area contributed by atoms with Gasteiger partial charge in [-0.1, -0.05) is 0 Å². The van der Waals surface area contributed by atoms with Gasteiger partial charge in [0.1, 0.15) is 0 Å². The van der Waals surface area contributed by atoms with Gasteiger partial charge < -0.3 is 10.2 Å². The zero-order chi connectivity index (χ0) is 32.7. The molecular weight excluding hydrogens is 643 g/mol. The number of hydrogen-bond acceptors (Lipinski definition) is 3. The molecule has 0 aromatic carbocycles. The van der Waals surface area contributed by atoms with Crippen molar-refractivity contribution in [3.63, 3.8) is 0 Å². The summed E-state index contributed by atoms with van der Waals surface area (Å²) in [5.41, 5.74) is 0. The van der Waals surface area contributed by atoms with Crippen LogP contribution in [-0.2, 0) is 4.79 Å². The minimum atomic E-state index is -9.32. The Hall–Kier alpha value is -2.22. The van der Waals surface area contributed by atoms with Gasteiger partial charge in [-0.15, -0.1) is 0 Å². The van der Waals surface area contributed by atoms with Crippen LogP contribution >= 0.6 is 0 Å². The van der Waals surface area contributed by atoms with Crippen LogP contribution in [0, 0.1) is 0 Å². The lowest BCUT2D eigenvalue weighted by molar-refractivity contribution is -0.459. The third-order valence-corrected chi connectivity index (χ3v) is 4.08. The number of alkyl halides is 23. The first-order valence-electron chi connectivity index (χ1n) is 7.92. The smallest absolute Gasteiger partial charge is 0.330 e. The highest BCUT2D eigenvalue weighted by molar-refractivity contribution is 5.86. The summed E-state index contributed by atoms with van der Waals surface area (Å²) in [6.45, 7) is 0. The van der Waals surface area contributed by atoms with Crippen molar-refractivity contribution in [3.8, 4) is 0 Å². The zero-order valence-corrected chi connectivity index (χ0v) is 16.4. The predicted octanol–water partition coefficient (Wildman–Crippen LogP) is 5.54. The van der Waals surface area contributed by atoms with Gasteiger partial charge in [0.25, 0.3) is 0 Å². The summed E-state index contributed by atoms with van der Waals surface area (Å²) in [4.78, 5) is 6.43. The molecule has 0 unspecified atom stereocenters. The number of halogens is 23. The summed E-state index contributed by atoms with van der Waals surface area (Å²) in [5.74, 6) is -60.4. The molecular formula is C12H2F23NO3. The highest BCUT2D eigenvalue weighted by Crippen LogP contribution is 2.63. The predicted molar refractivity (Wildman–Crippen MR) is 66.8 cm³/mol. The monoisotopic (exact) mass is 645 g/mol. The summed E-state index contributed by atoms with van der Waals surface area (Å²) in [7, 11) is 0. The molecule has 0 saturated carbocycles. The molecule has 0 saturated heterocycles. The van der Waals surface area contributed by atoms with Gasteiger partial charge in [-0.25, -0.2) is 4.90 Å². The Morgan fingerprint density at radius 1 is 0.410 bits per heavy atom. The summed E-state index contributed by atoms with van der Waals surface area (Å²) >= 11 is 0. The fourth-order valence-corrected chi connectivity index (χ4v) is 1.94. The summed E-state index contributed by atoms with van der Waals surface area (Å²) in [6.07, 6.45) is -23.3. The Bertz CT molecular complexity index is 898. The van der Waals surface area contributed by atoms with Crippen molar-refractivity contribution >= 4 is 5.91 Å². The van der Waals surface area contributed by atoms with E-state index in [4.69, 9.17) is 10.2 Å². The van der Waals surface area contributed by atoms with Crippen LogP contribution in [0.25, 0.3) is 0 Å². The molecule has 0 heterocycles. The zero-order valence-electron chi connectivity index (χ0n) is 16.4. The van der Waals surface area contributed by atoms with Crippen molar-refractivity contribution in [2.45, 2.75) is 66.0 Å². The molecule has 0 bridgehead atoms. The van der Waals surface area contributed by atoms with Gasteiger partial charge in [0.2, 0.25) is 0 Å². The van der Waals surface area contributed by atoms with E-state index in [0.717, 1.165) is 0 Å². The first kappa shape index (κ1) is 36.8. The van der Waals surface area contributed by atoms with Gasteiger partial charge in [-0.3, -0.25) is 4.79 Å². The van der Waals surface area contributed by atoms with Crippen molar-refractivity contribution in [3.05, 3.63) is 0 Å². The Balaban J connectivity index is 7.44. The summed E-state index contributed by atoms with van der Waals surface area (Å²) < 4.78 is 299. The quantitative estimate of drug-likeness (QED) is 0.243. The van der Waals surface area contributed by atoms with Crippen LogP contribution in [0.3, 0.4) is 0 Å². The molecule has 0 aliphatic rings. The average molecular weight is 645 g/mol. The fourth-order valence-electron chi connectivity index (χ4n) is 1.94. The lowest BCUT2D eigenvalue weighted by Crippen LogP contribution is -2.76. The molecule has 0 rings (SSSR count). The van der Waals surface area contributed by atoms with Crippen LogP contribution < -0.4 is 0 Å². The maximum atomic E-state index is 13.7. The van der Waals surface area contributed by atoms with Crippen molar-refractivity contribution in [2.75, 3.05) is 0 Å². The topological polar surface area (TPSA) is 60.8 Å². The molecule has 0 radical (unpaired) electrons. The fraction of sp³-hybridized carbons (Fsp3) is 0.917. The Labute approximate surface area is 194 Å². The van der Waals surface area contributed by atoms with E-state index in [2.05, 4.69) is 0 Å². The second-order valence-corrected chi connectivity index (χ2v) is 6.75. The molecule has 2 N–H and O–H groups in total. The molecule has 0 fully saturated rings. The van der Waals surface area contributed by atoms with E-state index >= 15 is 0 Å². The van der Waals surface area contributed by atoms with E-state index in [1.165, 1.54) is 0 Å². The van der Waals surface area contributed by atoms with Crippen molar-refractivity contribution in [2.24, 2.45) is 0 Å². The molecule has 234 valence electrons. The first-order chi connectivity index (χ1) is 16.3. The van der Waals surface area contributed by atoms with Crippen molar-refractivity contribution in [1.29, 1.82) is 0 Å². The van der Waals surface area contributed by atoms with E-state index < -0.39 is 76.8 Å². The van der Waals surface area contributed by atoms with Crippen LogP contribution in [-0.4, -0.2) is 87.0 Å². The highest BCUT2D eigenvalue weighted by atomic mass is 19.4. The Morgan fingerprint density at radius 2 is 0.641 bits per heavy atom. The van der Waals surface area contributed by atoms with Crippen LogP contribution in [0.2, 0.25) is 0 Å². The maximum absolute atomic E-state index is 13.7. The molecule has 1 amide bonds. The molecule has 27 heteroatoms. The summed E-state index contributed by atoms with van der Waals surface area (Å²) in [5, 5.41) is 15.4. The molecule has 0 aromatic rings. The number of carbonyl (C=O) groups is 1. The minimum absolute atomic E-state index is 4.70. The number of amides is 1. The normalized spacial score (nSPS) is 16.4. The molecule has 0 spiro atoms. The lowest BCUT2D eigenvalue weighted by atomic mass is 9.90. The van der Waals surface area contributed by atoms with Crippen LogP contribution in [0.1, 0.15) is 0 Å². The molecule has 0 aliphatic heterocycles. The second kappa shape index (κ2) is 8.89. The number of rotatable bonds is 10. The maximum Gasteiger partial charge on any atom is 0.460 e. The highest BCUT2D eigenvalue weighted by Gasteiger charge is 2.95. The Kier molecular flexibility index (Phi) is 8.38. The van der Waals surface area contributed by atoms with Gasteiger partial charge in [0, 0.05) is 0 Å². The SMILES string of the molecule is O=C(N(C(F)(F)C(O)(F)F)C(F)(F)C(O)(F)F)C(F)(F)C(F)(F)C(F)(F)C(F)(F)C(F)(F)C(F)(F)C(F)(F)F. The largest absolute Gasteiger partial charge is 0.460 e. The van der Waals surface area contributed by atoms with Crippen LogP contribution in [0.5, 0.6) is 0 Å². The number of aliphatic hydroxyl groups is 2. The van der Waals surface area contributed by atoms with Gasteiger partial charge in [0.15, 0.2) is 0 Å². The minimum Gasteiger partial charge on any atom is -0.330 e. The van der Waals surface area contributed by atoms with E-state index in [1.54, 1.807) is 0 Å². The van der Waals surface area contributed by atoms with Crippen molar-refractivity contribution < 1.29 is 116 Å². The summed E-state index contributed by atoms with van der Waals surface area (Å²) in [6, 6.07) is -16.4. The van der Waals surface area contributed by atoms with Gasteiger partial charge in [0.05, 0.1) is 0 Å². The van der Waals surface area contributed by atoms with E-state index in [0.29, 0.717) is 0 Å².